The number of halogens is 3. The molecule has 4 heterocycles. The van der Waals surface area contributed by atoms with Crippen LogP contribution in [0, 0.1) is 23.7 Å². The number of hydrogen-bond acceptors (Lipinski definition) is 27. The Hall–Kier alpha value is -5.42. The van der Waals surface area contributed by atoms with Crippen molar-refractivity contribution >= 4 is 109 Å². The number of alkyl carbamates (subject to hydrolysis) is 2. The van der Waals surface area contributed by atoms with Crippen molar-refractivity contribution in [2.24, 2.45) is 35.1 Å². The first kappa shape index (κ1) is 115. The zero-order valence-electron chi connectivity index (χ0n) is 72.7. The molecule has 120 heavy (non-hydrogen) atoms. The Morgan fingerprint density at radius 3 is 1.00 bits per heavy atom. The Morgan fingerprint density at radius 2 is 0.733 bits per heavy atom. The highest BCUT2D eigenvalue weighted by Gasteiger charge is 2.29. The van der Waals surface area contributed by atoms with Crippen LogP contribution in [0.4, 0.5) is 19.2 Å². The minimum absolute atomic E-state index is 0. The summed E-state index contributed by atoms with van der Waals surface area (Å²) in [4.78, 5) is 72.6. The smallest absolute Gasteiger partial charge is 0.466 e. The van der Waals surface area contributed by atoms with Gasteiger partial charge >= 0.3 is 30.5 Å². The second-order valence-corrected chi connectivity index (χ2v) is 40.4. The molecule has 0 aromatic carbocycles. The van der Waals surface area contributed by atoms with E-state index in [2.05, 4.69) is 40.0 Å². The lowest BCUT2D eigenvalue weighted by atomic mass is 9.91. The van der Waals surface area contributed by atoms with Gasteiger partial charge in [0.05, 0.1) is 80.7 Å². The molecular formula is C86H145Cl3N8O19S4. The van der Waals surface area contributed by atoms with E-state index in [4.69, 9.17) is 53.6 Å². The van der Waals surface area contributed by atoms with Crippen molar-refractivity contribution in [3.63, 3.8) is 0 Å². The maximum absolute atomic E-state index is 12.7. The first-order valence-electron chi connectivity index (χ1n) is 41.4. The molecule has 688 valence electrons. The van der Waals surface area contributed by atoms with Crippen LogP contribution in [0.3, 0.4) is 0 Å². The summed E-state index contributed by atoms with van der Waals surface area (Å²) >= 11 is 13.1. The number of nitrogens with two attached hydrogens (primary N) is 2. The van der Waals surface area contributed by atoms with Crippen molar-refractivity contribution in [1.29, 1.82) is 0 Å². The number of amides is 2. The second kappa shape index (κ2) is 61.0. The van der Waals surface area contributed by atoms with Crippen LogP contribution >= 0.6 is 59.1 Å². The molecule has 2 amide bonds. The van der Waals surface area contributed by atoms with Crippen molar-refractivity contribution in [1.82, 2.24) is 30.6 Å². The molecule has 0 spiro atoms. The van der Waals surface area contributed by atoms with E-state index in [0.29, 0.717) is 56.9 Å². The predicted molar refractivity (Wildman–Crippen MR) is 480 cm³/mol. The molecular weight excluding hydrogens is 1680 g/mol. The van der Waals surface area contributed by atoms with Crippen LogP contribution in [-0.4, -0.2) is 171 Å². The van der Waals surface area contributed by atoms with Crippen LogP contribution in [0.1, 0.15) is 306 Å². The molecule has 0 bridgehead atoms. The van der Waals surface area contributed by atoms with Gasteiger partial charge in [0.15, 0.2) is 29.7 Å². The van der Waals surface area contributed by atoms with Crippen LogP contribution in [0.25, 0.3) is 0 Å². The van der Waals surface area contributed by atoms with Gasteiger partial charge in [-0.1, -0.05) is 109 Å². The first-order chi connectivity index (χ1) is 55.4. The average molecular weight is 1830 g/mol. The topological polar surface area (TPSA) is 418 Å². The number of thioether (sulfide) groups is 2. The molecule has 27 nitrogen and oxygen atoms in total. The zero-order valence-corrected chi connectivity index (χ0v) is 78.3. The highest BCUT2D eigenvalue weighted by atomic mass is 35.5. The molecule has 4 aromatic rings. The van der Waals surface area contributed by atoms with Gasteiger partial charge in [-0.05, 0) is 252 Å². The fraction of sp³-hybridized carbons (Fsp3) is 0.709. The van der Waals surface area contributed by atoms with Gasteiger partial charge in [0.1, 0.15) is 22.4 Å². The van der Waals surface area contributed by atoms with E-state index in [9.17, 15) is 61.2 Å². The fourth-order valence-electron chi connectivity index (χ4n) is 12.6. The molecule has 0 aliphatic heterocycles. The number of carbonyl (C=O) groups excluding carboxylic acids is 5. The van der Waals surface area contributed by atoms with Crippen LogP contribution in [0.2, 0.25) is 0 Å². The molecule has 0 radical (unpaired) electrons. The maximum atomic E-state index is 12.7. The summed E-state index contributed by atoms with van der Waals surface area (Å²) in [6.07, 6.45) is 19.7. The van der Waals surface area contributed by atoms with Crippen molar-refractivity contribution in [2.45, 2.75) is 325 Å². The van der Waals surface area contributed by atoms with Crippen LogP contribution in [0.15, 0.2) is 92.9 Å². The Balaban J connectivity index is 0.00000145. The Bertz CT molecular complexity index is 3710. The predicted octanol–water partition coefficient (Wildman–Crippen LogP) is 19.0. The number of esters is 1. The summed E-state index contributed by atoms with van der Waals surface area (Å²) in [7, 11) is -6.87. The third kappa shape index (κ3) is 55.0. The highest BCUT2D eigenvalue weighted by molar-refractivity contribution is 7.99. The number of nitrogens with one attached hydrogen (secondary N) is 2. The van der Waals surface area contributed by atoms with Gasteiger partial charge in [0.2, 0.25) is 0 Å². The molecule has 4 fully saturated rings. The number of ether oxygens (including phenoxy) is 6. The SMILES string of the molecule is C.CC(C)(C)OC(=O)NCC[C@@H](O)c1cccc(S(=O)(=O)CC2CCCCC2)n1.CC(C)(C)OC(=O)NCC[C@@H](O)c1cccc(SCC2CCCCC2)n1.CC(C)(C)OC(=O)OC(=O)OC(C)(C)C.CCOC(C)=O.Cl.ClCCl.NCC[C@@H](O)c1cccc(S(=O)(=O)CC2CCCCC2)n1.NCC[C@@H](O)c1cccc(SCC2CCCCC2)n1. The first-order valence-corrected chi connectivity index (χ1v) is 47.8. The fourth-order valence-corrected chi connectivity index (χ4v) is 18.0. The largest absolute Gasteiger partial charge is 0.519 e. The number of aromatic nitrogens is 4. The number of rotatable bonds is 27. The van der Waals surface area contributed by atoms with E-state index < -0.39 is 91.0 Å². The molecule has 4 aliphatic carbocycles. The van der Waals surface area contributed by atoms with Crippen molar-refractivity contribution in [2.75, 3.05) is 61.1 Å². The highest BCUT2D eigenvalue weighted by Crippen LogP contribution is 2.34. The number of sulfone groups is 2. The Labute approximate surface area is 741 Å². The number of nitrogens with zero attached hydrogens (tertiary/aromatic N) is 4. The number of carbonyl (C=O) groups is 5. The van der Waals surface area contributed by atoms with Crippen molar-refractivity contribution < 1.29 is 89.7 Å². The molecule has 8 rings (SSSR count). The van der Waals surface area contributed by atoms with Crippen molar-refractivity contribution in [3.05, 3.63) is 95.6 Å². The number of alkyl halides is 2. The lowest BCUT2D eigenvalue weighted by Gasteiger charge is -2.21. The lowest BCUT2D eigenvalue weighted by Crippen LogP contribution is -2.33. The second-order valence-electron chi connectivity index (χ2n) is 33.5. The Morgan fingerprint density at radius 1 is 0.458 bits per heavy atom. The number of hydrogen-bond donors (Lipinski definition) is 8. The minimum Gasteiger partial charge on any atom is -0.466 e. The van der Waals surface area contributed by atoms with E-state index in [1.807, 2.05) is 68.9 Å². The summed E-state index contributed by atoms with van der Waals surface area (Å²) < 4.78 is 78.8. The molecule has 4 atom stereocenters. The molecule has 0 unspecified atom stereocenters. The van der Waals surface area contributed by atoms with E-state index in [0.717, 1.165) is 90.5 Å². The molecule has 10 N–H and O–H groups in total. The van der Waals surface area contributed by atoms with E-state index in [1.165, 1.54) is 96.1 Å². The quantitative estimate of drug-likeness (QED) is 0.00903. The third-order valence-electron chi connectivity index (χ3n) is 18.1. The zero-order chi connectivity index (χ0) is 88.6. The number of aliphatic hydroxyl groups excluding tert-OH is 4. The molecule has 4 aliphatic rings. The van der Waals surface area contributed by atoms with Gasteiger partial charge in [-0.2, -0.15) is 0 Å². The molecule has 4 saturated carbocycles. The van der Waals surface area contributed by atoms with Gasteiger partial charge in [-0.25, -0.2) is 55.9 Å². The summed E-state index contributed by atoms with van der Waals surface area (Å²) in [6.45, 7) is 25.8. The van der Waals surface area contributed by atoms with Crippen LogP contribution in [-0.2, 0) is 52.9 Å². The molecule has 4 aromatic heterocycles. The maximum Gasteiger partial charge on any atom is 0.519 e. The number of aliphatic hydroxyl groups is 4. The third-order valence-corrected chi connectivity index (χ3v) is 23.9. The van der Waals surface area contributed by atoms with Gasteiger partial charge in [-0.3, -0.25) is 4.79 Å². The number of pyridine rings is 4. The Kier molecular flexibility index (Phi) is 58.3. The van der Waals surface area contributed by atoms with Crippen LogP contribution < -0.4 is 22.1 Å². The van der Waals surface area contributed by atoms with E-state index >= 15 is 0 Å². The van der Waals surface area contributed by atoms with Gasteiger partial charge in [0.25, 0.3) is 0 Å². The van der Waals surface area contributed by atoms with Gasteiger partial charge in [-0.15, -0.1) is 59.1 Å². The van der Waals surface area contributed by atoms with Crippen LogP contribution in [0.5, 0.6) is 0 Å². The standard InChI is InChI=1S/C20H32N2O5S.C20H32N2O3S.C15H24N2O3S.C15H24N2OS.C10H18O5.C4H8O2.CH2Cl2.CH4.ClH/c1-20(2,3)27-19(24)21-13-12-17(23)16-10-7-11-18(22-16)28(25,26)14-15-8-5-4-6-9-15;1-20(2,3)25-19(24)21-13-12-17(23)16-10-7-11-18(22-16)26-14-15-8-5-4-6-9-15;16-10-9-14(18)13-7-4-8-15(17-13)21(19,20)11-12-5-2-1-3-6-12;16-10-9-14(18)13-7-4-8-15(17-13)19-11-12-5-2-1-3-6-12;1-9(2,3)14-7(11)13-8(12)15-10(4,5)6;1-3-6-4(2)5;2-1-3;;/h7,10-11,15,17,23H,4-6,8-9,12-14H2,1-3H3,(H,21,24);7,10-11,15,17,23H,4-6,8-9,12-14H2,1-3H3,(H,21,24);4,7-8,12,14,18H,1-3,5-6,9-11,16H2;4,7-8,12,14,18H,1-3,5-6,9-11,16H2;1-6H3;3H2,1-2H3;1H2;1H4;1H/t2*17-;2*14-;;;;;/m1111...../s1. The summed E-state index contributed by atoms with van der Waals surface area (Å²) in [6, 6.07) is 21.1. The molecule has 34 heteroatoms. The van der Waals surface area contributed by atoms with Gasteiger partial charge < -0.3 is 70.9 Å². The lowest BCUT2D eigenvalue weighted by molar-refractivity contribution is -0.140. The van der Waals surface area contributed by atoms with Gasteiger partial charge in [0, 0.05) is 31.5 Å². The van der Waals surface area contributed by atoms with E-state index in [-0.39, 0.29) is 83.2 Å². The minimum atomic E-state index is -3.48. The van der Waals surface area contributed by atoms with Crippen molar-refractivity contribution in [3.8, 4) is 0 Å². The molecule has 0 saturated heterocycles. The average Bonchev–Trinajstić information content (AvgIpc) is 0.823. The summed E-state index contributed by atoms with van der Waals surface area (Å²) in [5.74, 6) is 4.39. The summed E-state index contributed by atoms with van der Waals surface area (Å²) in [5.41, 5.74) is 10.4. The normalized spacial score (nSPS) is 15.8. The summed E-state index contributed by atoms with van der Waals surface area (Å²) in [5, 5.41) is 48.0. The monoisotopic (exact) mass is 1830 g/mol. The van der Waals surface area contributed by atoms with E-state index in [1.54, 1.807) is 105 Å².